The number of hydrogen-bond donors (Lipinski definition) is 2. The van der Waals surface area contributed by atoms with Gasteiger partial charge in [-0.3, -0.25) is 14.6 Å². The van der Waals surface area contributed by atoms with Crippen LogP contribution >= 0.6 is 0 Å². The van der Waals surface area contributed by atoms with Gasteiger partial charge in [0.05, 0.1) is 5.56 Å². The molecule has 2 aliphatic rings. The highest BCUT2D eigenvalue weighted by molar-refractivity contribution is 6.04. The van der Waals surface area contributed by atoms with Gasteiger partial charge in [-0.15, -0.1) is 0 Å². The number of benzene rings is 1. The molecule has 1 aromatic heterocycles. The summed E-state index contributed by atoms with van der Waals surface area (Å²) < 4.78 is 0. The summed E-state index contributed by atoms with van der Waals surface area (Å²) >= 11 is 0. The second kappa shape index (κ2) is 8.74. The van der Waals surface area contributed by atoms with Gasteiger partial charge in [0.1, 0.15) is 0 Å². The number of nitrogens with two attached hydrogens (primary N) is 1. The topological polar surface area (TPSA) is 88.3 Å². The maximum atomic E-state index is 12.9. The van der Waals surface area contributed by atoms with Crippen molar-refractivity contribution in [2.75, 3.05) is 5.32 Å². The van der Waals surface area contributed by atoms with Crippen molar-refractivity contribution in [3.63, 3.8) is 0 Å². The molecule has 2 atom stereocenters. The van der Waals surface area contributed by atoms with Gasteiger partial charge in [-0.05, 0) is 55.5 Å². The Morgan fingerprint density at radius 1 is 1.07 bits per heavy atom. The van der Waals surface area contributed by atoms with Gasteiger partial charge in [0.15, 0.2) is 0 Å². The second-order valence-electron chi connectivity index (χ2n) is 8.15. The lowest BCUT2D eigenvalue weighted by atomic mass is 9.89. The van der Waals surface area contributed by atoms with Gasteiger partial charge in [-0.25, -0.2) is 0 Å². The van der Waals surface area contributed by atoms with Crippen molar-refractivity contribution in [3.05, 3.63) is 59.9 Å². The van der Waals surface area contributed by atoms with E-state index in [-0.39, 0.29) is 29.8 Å². The number of carbonyl (C=O) groups excluding carboxylic acids is 2. The summed E-state index contributed by atoms with van der Waals surface area (Å²) in [5, 5.41) is 2.88. The van der Waals surface area contributed by atoms with E-state index in [1.807, 2.05) is 29.2 Å². The summed E-state index contributed by atoms with van der Waals surface area (Å²) in [6, 6.07) is 11.4. The third kappa shape index (κ3) is 4.82. The molecule has 152 valence electrons. The molecule has 1 heterocycles. The molecule has 0 saturated heterocycles. The Hall–Kier alpha value is -2.73. The zero-order valence-electron chi connectivity index (χ0n) is 16.6. The Labute approximate surface area is 171 Å². The average molecular weight is 393 g/mol. The molecule has 2 unspecified atom stereocenters. The maximum Gasteiger partial charge on any atom is 0.257 e. The van der Waals surface area contributed by atoms with E-state index in [9.17, 15) is 9.59 Å². The summed E-state index contributed by atoms with van der Waals surface area (Å²) in [7, 11) is 0. The first-order valence-corrected chi connectivity index (χ1v) is 10.5. The summed E-state index contributed by atoms with van der Waals surface area (Å²) in [4.78, 5) is 31.2. The van der Waals surface area contributed by atoms with Crippen molar-refractivity contribution in [2.24, 2.45) is 11.7 Å². The fourth-order valence-electron chi connectivity index (χ4n) is 4.04. The summed E-state index contributed by atoms with van der Waals surface area (Å²) in [6.07, 6.45) is 9.42. The fourth-order valence-corrected chi connectivity index (χ4v) is 4.04. The van der Waals surface area contributed by atoms with Gasteiger partial charge in [-0.1, -0.05) is 25.0 Å². The first kappa shape index (κ1) is 19.6. The highest BCUT2D eigenvalue weighted by Crippen LogP contribution is 2.34. The van der Waals surface area contributed by atoms with Gasteiger partial charge in [0, 0.05) is 42.6 Å². The van der Waals surface area contributed by atoms with Crippen LogP contribution in [0.5, 0.6) is 0 Å². The summed E-state index contributed by atoms with van der Waals surface area (Å²) in [5.41, 5.74) is 8.67. The molecule has 0 bridgehead atoms. The van der Waals surface area contributed by atoms with E-state index in [1.54, 1.807) is 24.5 Å². The zero-order valence-corrected chi connectivity index (χ0v) is 16.6. The van der Waals surface area contributed by atoms with E-state index in [1.165, 1.54) is 0 Å². The molecule has 6 heteroatoms. The molecule has 0 radical (unpaired) electrons. The van der Waals surface area contributed by atoms with E-state index in [2.05, 4.69) is 10.3 Å². The number of nitrogens with one attached hydrogen (secondary N) is 1. The average Bonchev–Trinajstić information content (AvgIpc) is 3.59. The van der Waals surface area contributed by atoms with Crippen molar-refractivity contribution in [1.29, 1.82) is 0 Å². The number of pyridine rings is 1. The molecule has 6 nitrogen and oxygen atoms in total. The second-order valence-corrected chi connectivity index (χ2v) is 8.15. The molecule has 29 heavy (non-hydrogen) atoms. The molecule has 3 N–H and O–H groups in total. The summed E-state index contributed by atoms with van der Waals surface area (Å²) in [5.74, 6) is 0.244. The molecule has 2 aromatic rings. The van der Waals surface area contributed by atoms with Crippen LogP contribution < -0.4 is 11.1 Å². The molecule has 2 amide bonds. The molecule has 1 aromatic carbocycles. The van der Waals surface area contributed by atoms with Crippen molar-refractivity contribution < 1.29 is 9.59 Å². The lowest BCUT2D eigenvalue weighted by molar-refractivity contribution is -0.136. The minimum Gasteiger partial charge on any atom is -0.334 e. The largest absolute Gasteiger partial charge is 0.334 e. The van der Waals surface area contributed by atoms with E-state index >= 15 is 0 Å². The molecule has 4 rings (SSSR count). The Kier molecular flexibility index (Phi) is 5.90. The summed E-state index contributed by atoms with van der Waals surface area (Å²) in [6.45, 7) is 0.574. The maximum absolute atomic E-state index is 12.9. The highest BCUT2D eigenvalue weighted by atomic mass is 16.2. The van der Waals surface area contributed by atoms with Crippen molar-refractivity contribution in [3.8, 4) is 0 Å². The molecule has 2 aliphatic carbocycles. The Balaban J connectivity index is 1.44. The first-order valence-electron chi connectivity index (χ1n) is 10.5. The van der Waals surface area contributed by atoms with E-state index in [0.29, 0.717) is 12.1 Å². The monoisotopic (exact) mass is 392 g/mol. The predicted molar refractivity (Wildman–Crippen MR) is 112 cm³/mol. The molecular formula is C23H28N4O2. The van der Waals surface area contributed by atoms with Crippen LogP contribution in [0, 0.1) is 5.92 Å². The van der Waals surface area contributed by atoms with Crippen LogP contribution in [0.15, 0.2) is 48.8 Å². The number of amides is 2. The SMILES string of the molecule is NC1CCCCC1N(Cc1ccc(NC(=O)c2cccnc2)cc1)C(=O)C1CC1. The van der Waals surface area contributed by atoms with E-state index in [0.717, 1.165) is 49.8 Å². The molecular weight excluding hydrogens is 364 g/mol. The van der Waals surface area contributed by atoms with Crippen LogP contribution in [-0.4, -0.2) is 33.8 Å². The number of rotatable bonds is 6. The van der Waals surface area contributed by atoms with Crippen LogP contribution in [0.1, 0.15) is 54.4 Å². The van der Waals surface area contributed by atoms with Crippen LogP contribution in [0.25, 0.3) is 0 Å². The Morgan fingerprint density at radius 2 is 1.83 bits per heavy atom. The lowest BCUT2D eigenvalue weighted by Crippen LogP contribution is -2.52. The minimum atomic E-state index is -0.190. The zero-order chi connectivity index (χ0) is 20.2. The first-order chi connectivity index (χ1) is 14.1. The van der Waals surface area contributed by atoms with Crippen molar-refractivity contribution in [2.45, 2.75) is 57.2 Å². The van der Waals surface area contributed by atoms with Gasteiger partial charge in [0.2, 0.25) is 5.91 Å². The van der Waals surface area contributed by atoms with Crippen molar-refractivity contribution >= 4 is 17.5 Å². The Bertz CT molecular complexity index is 849. The van der Waals surface area contributed by atoms with Gasteiger partial charge >= 0.3 is 0 Å². The number of nitrogens with zero attached hydrogens (tertiary/aromatic N) is 2. The van der Waals surface area contributed by atoms with E-state index in [4.69, 9.17) is 5.73 Å². The molecule has 2 fully saturated rings. The van der Waals surface area contributed by atoms with Crippen LogP contribution in [0.2, 0.25) is 0 Å². The van der Waals surface area contributed by atoms with Gasteiger partial charge in [-0.2, -0.15) is 0 Å². The molecule has 0 aliphatic heterocycles. The predicted octanol–water partition coefficient (Wildman–Crippen LogP) is 3.34. The van der Waals surface area contributed by atoms with Crippen LogP contribution in [0.4, 0.5) is 5.69 Å². The number of aromatic nitrogens is 1. The standard InChI is InChI=1S/C23H28N4O2/c24-20-5-1-2-6-21(20)27(23(29)17-9-10-17)15-16-7-11-19(12-8-16)26-22(28)18-4-3-13-25-14-18/h3-4,7-8,11-14,17,20-21H,1-2,5-6,9-10,15,24H2,(H,26,28). The smallest absolute Gasteiger partial charge is 0.257 e. The Morgan fingerprint density at radius 3 is 2.48 bits per heavy atom. The van der Waals surface area contributed by atoms with Gasteiger partial charge in [0.25, 0.3) is 5.91 Å². The number of hydrogen-bond acceptors (Lipinski definition) is 4. The molecule has 2 saturated carbocycles. The third-order valence-electron chi connectivity index (χ3n) is 5.88. The lowest BCUT2D eigenvalue weighted by Gasteiger charge is -2.38. The van der Waals surface area contributed by atoms with Gasteiger partial charge < -0.3 is 16.0 Å². The minimum absolute atomic E-state index is 0.0597. The fraction of sp³-hybridized carbons (Fsp3) is 0.435. The number of anilines is 1. The quantitative estimate of drug-likeness (QED) is 0.789. The van der Waals surface area contributed by atoms with Crippen LogP contribution in [-0.2, 0) is 11.3 Å². The van der Waals surface area contributed by atoms with Crippen molar-refractivity contribution in [1.82, 2.24) is 9.88 Å². The van der Waals surface area contributed by atoms with Crippen LogP contribution in [0.3, 0.4) is 0 Å². The highest BCUT2D eigenvalue weighted by Gasteiger charge is 2.38. The van der Waals surface area contributed by atoms with E-state index < -0.39 is 0 Å². The third-order valence-corrected chi connectivity index (χ3v) is 5.88. The molecule has 0 spiro atoms. The normalized spacial score (nSPS) is 21.4. The number of carbonyl (C=O) groups is 2.